The van der Waals surface area contributed by atoms with Gasteiger partial charge in [-0.3, -0.25) is 4.79 Å². The van der Waals surface area contributed by atoms with Crippen molar-refractivity contribution in [3.05, 3.63) is 34.3 Å². The lowest BCUT2D eigenvalue weighted by molar-refractivity contribution is -0.156. The first-order valence-electron chi connectivity index (χ1n) is 6.76. The minimum Gasteiger partial charge on any atom is -0.481 e. The van der Waals surface area contributed by atoms with Crippen LogP contribution in [0.25, 0.3) is 0 Å². The van der Waals surface area contributed by atoms with Gasteiger partial charge in [-0.25, -0.2) is 0 Å². The second-order valence-electron chi connectivity index (χ2n) is 5.50. The lowest BCUT2D eigenvalue weighted by Gasteiger charge is -2.36. The fourth-order valence-corrected chi connectivity index (χ4v) is 3.17. The molecule has 5 heteroatoms. The molecule has 0 saturated carbocycles. The van der Waals surface area contributed by atoms with E-state index in [1.165, 1.54) is 5.56 Å². The summed E-state index contributed by atoms with van der Waals surface area (Å²) in [6, 6.07) is 8.10. The van der Waals surface area contributed by atoms with Crippen LogP contribution in [0.4, 0.5) is 0 Å². The summed E-state index contributed by atoms with van der Waals surface area (Å²) in [5.74, 6) is -0.707. The minimum atomic E-state index is -0.707. The second-order valence-corrected chi connectivity index (χ2v) is 6.42. The lowest BCUT2D eigenvalue weighted by Crippen LogP contribution is -2.45. The lowest BCUT2D eigenvalue weighted by atomic mass is 9.80. The Hall–Kier alpha value is -0.910. The van der Waals surface area contributed by atoms with Crippen molar-refractivity contribution in [2.75, 3.05) is 26.8 Å². The Morgan fingerprint density at radius 1 is 1.45 bits per heavy atom. The zero-order valence-corrected chi connectivity index (χ0v) is 13.2. The van der Waals surface area contributed by atoms with Crippen LogP contribution in [-0.4, -0.2) is 42.8 Å². The summed E-state index contributed by atoms with van der Waals surface area (Å²) < 4.78 is 6.35. The molecule has 0 aliphatic carbocycles. The van der Waals surface area contributed by atoms with Crippen LogP contribution in [0.3, 0.4) is 0 Å². The molecule has 1 aliphatic heterocycles. The minimum absolute atomic E-state index is 0.539. The van der Waals surface area contributed by atoms with Crippen molar-refractivity contribution in [3.63, 3.8) is 0 Å². The third-order valence-corrected chi connectivity index (χ3v) is 4.31. The van der Waals surface area contributed by atoms with Crippen molar-refractivity contribution in [1.82, 2.24) is 4.90 Å². The highest BCUT2D eigenvalue weighted by molar-refractivity contribution is 9.10. The van der Waals surface area contributed by atoms with E-state index in [0.717, 1.165) is 11.0 Å². The van der Waals surface area contributed by atoms with E-state index in [4.69, 9.17) is 4.74 Å². The number of aliphatic carboxylic acids is 1. The Morgan fingerprint density at radius 2 is 2.15 bits per heavy atom. The first-order chi connectivity index (χ1) is 9.52. The Balaban J connectivity index is 2.01. The van der Waals surface area contributed by atoms with E-state index in [1.807, 2.05) is 19.2 Å². The molecule has 1 heterocycles. The van der Waals surface area contributed by atoms with E-state index >= 15 is 0 Å². The summed E-state index contributed by atoms with van der Waals surface area (Å²) >= 11 is 3.46. The highest BCUT2D eigenvalue weighted by Gasteiger charge is 2.40. The monoisotopic (exact) mass is 341 g/mol. The molecule has 1 saturated heterocycles. The average molecular weight is 342 g/mol. The fraction of sp³-hybridized carbons (Fsp3) is 0.533. The van der Waals surface area contributed by atoms with Gasteiger partial charge >= 0.3 is 5.97 Å². The van der Waals surface area contributed by atoms with Crippen LogP contribution < -0.4 is 0 Å². The topological polar surface area (TPSA) is 49.8 Å². The van der Waals surface area contributed by atoms with Crippen molar-refractivity contribution in [1.29, 1.82) is 0 Å². The number of carboxylic acid groups (broad SMARTS) is 1. The molecule has 4 nitrogen and oxygen atoms in total. The normalized spacial score (nSPS) is 18.1. The molecule has 1 aliphatic rings. The molecule has 0 atom stereocenters. The van der Waals surface area contributed by atoms with Crippen LogP contribution in [0.2, 0.25) is 0 Å². The van der Waals surface area contributed by atoms with E-state index in [0.29, 0.717) is 32.6 Å². The van der Waals surface area contributed by atoms with Gasteiger partial charge in [0.15, 0.2) is 0 Å². The van der Waals surface area contributed by atoms with Crippen molar-refractivity contribution < 1.29 is 14.6 Å². The van der Waals surface area contributed by atoms with Gasteiger partial charge < -0.3 is 14.7 Å². The van der Waals surface area contributed by atoms with Crippen LogP contribution in [0, 0.1) is 5.41 Å². The highest BCUT2D eigenvalue weighted by Crippen LogP contribution is 2.32. The third-order valence-electron chi connectivity index (χ3n) is 3.82. The van der Waals surface area contributed by atoms with Crippen LogP contribution in [0.15, 0.2) is 28.7 Å². The number of halogens is 1. The number of carboxylic acids is 1. The van der Waals surface area contributed by atoms with Crippen LogP contribution in [-0.2, 0) is 16.1 Å². The van der Waals surface area contributed by atoms with Crippen molar-refractivity contribution in [3.8, 4) is 0 Å². The molecule has 1 aromatic rings. The summed E-state index contributed by atoms with van der Waals surface area (Å²) in [7, 11) is 1.97. The number of ether oxygens (including phenoxy) is 1. The first-order valence-corrected chi connectivity index (χ1v) is 7.55. The van der Waals surface area contributed by atoms with E-state index in [-0.39, 0.29) is 0 Å². The smallest absolute Gasteiger partial charge is 0.311 e. The van der Waals surface area contributed by atoms with Gasteiger partial charge in [0.2, 0.25) is 0 Å². The number of hydrogen-bond acceptors (Lipinski definition) is 3. The van der Waals surface area contributed by atoms with Gasteiger partial charge in [-0.05, 0) is 37.6 Å². The number of hydrogen-bond donors (Lipinski definition) is 1. The second kappa shape index (κ2) is 6.70. The molecule has 0 bridgehead atoms. The molecule has 20 heavy (non-hydrogen) atoms. The molecule has 0 amide bonds. The van der Waals surface area contributed by atoms with Gasteiger partial charge in [-0.2, -0.15) is 0 Å². The zero-order valence-electron chi connectivity index (χ0n) is 11.6. The fourth-order valence-electron chi connectivity index (χ4n) is 2.72. The van der Waals surface area contributed by atoms with Crippen molar-refractivity contribution in [2.45, 2.75) is 19.4 Å². The zero-order chi connectivity index (χ0) is 14.6. The largest absolute Gasteiger partial charge is 0.481 e. The summed E-state index contributed by atoms with van der Waals surface area (Å²) in [4.78, 5) is 13.7. The van der Waals surface area contributed by atoms with Crippen molar-refractivity contribution in [2.24, 2.45) is 5.41 Å². The number of benzene rings is 1. The molecular weight excluding hydrogens is 322 g/mol. The molecule has 1 aromatic carbocycles. The molecule has 0 spiro atoms. The summed E-state index contributed by atoms with van der Waals surface area (Å²) in [5, 5.41) is 9.56. The predicted molar refractivity (Wildman–Crippen MR) is 80.6 cm³/mol. The predicted octanol–water partition coefficient (Wildman–Crippen LogP) is 2.76. The first kappa shape index (κ1) is 15.5. The van der Waals surface area contributed by atoms with E-state index in [1.54, 1.807) is 0 Å². The Labute approximate surface area is 127 Å². The Kier molecular flexibility index (Phi) is 5.18. The van der Waals surface area contributed by atoms with Crippen LogP contribution >= 0.6 is 15.9 Å². The Bertz CT molecular complexity index is 472. The maximum atomic E-state index is 11.6. The number of rotatable bonds is 5. The van der Waals surface area contributed by atoms with Crippen LogP contribution in [0.1, 0.15) is 18.4 Å². The van der Waals surface area contributed by atoms with E-state index in [9.17, 15) is 9.90 Å². The molecule has 0 aromatic heterocycles. The standard InChI is InChI=1S/C15H20BrNO3/c1-17(10-12-3-2-4-13(16)9-12)11-15(14(18)19)5-7-20-8-6-15/h2-4,9H,5-8,10-11H2,1H3,(H,18,19). The molecule has 1 N–H and O–H groups in total. The Morgan fingerprint density at radius 3 is 2.75 bits per heavy atom. The molecular formula is C15H20BrNO3. The maximum Gasteiger partial charge on any atom is 0.311 e. The quantitative estimate of drug-likeness (QED) is 0.894. The van der Waals surface area contributed by atoms with Gasteiger partial charge in [0.1, 0.15) is 0 Å². The van der Waals surface area contributed by atoms with Gasteiger partial charge in [-0.15, -0.1) is 0 Å². The molecule has 110 valence electrons. The number of nitrogens with zero attached hydrogens (tertiary/aromatic N) is 1. The maximum absolute atomic E-state index is 11.6. The highest BCUT2D eigenvalue weighted by atomic mass is 79.9. The van der Waals surface area contributed by atoms with Gasteiger partial charge in [-0.1, -0.05) is 28.1 Å². The molecule has 0 radical (unpaired) electrons. The van der Waals surface area contributed by atoms with Crippen LogP contribution in [0.5, 0.6) is 0 Å². The van der Waals surface area contributed by atoms with Gasteiger partial charge in [0.05, 0.1) is 5.41 Å². The van der Waals surface area contributed by atoms with Crippen molar-refractivity contribution >= 4 is 21.9 Å². The van der Waals surface area contributed by atoms with Gasteiger partial charge in [0, 0.05) is 30.8 Å². The van der Waals surface area contributed by atoms with E-state index < -0.39 is 11.4 Å². The molecule has 1 fully saturated rings. The molecule has 2 rings (SSSR count). The number of carbonyl (C=O) groups is 1. The molecule has 0 unspecified atom stereocenters. The SMILES string of the molecule is CN(Cc1cccc(Br)c1)CC1(C(=O)O)CCOCC1. The van der Waals surface area contributed by atoms with Gasteiger partial charge in [0.25, 0.3) is 0 Å². The summed E-state index contributed by atoms with van der Waals surface area (Å²) in [5.41, 5.74) is 0.508. The van der Waals surface area contributed by atoms with E-state index in [2.05, 4.69) is 33.0 Å². The average Bonchev–Trinajstić information content (AvgIpc) is 2.39. The summed E-state index contributed by atoms with van der Waals surface area (Å²) in [6.45, 7) is 2.38. The summed E-state index contributed by atoms with van der Waals surface area (Å²) in [6.07, 6.45) is 1.18. The third kappa shape index (κ3) is 3.81.